The number of amides is 4. The van der Waals surface area contributed by atoms with E-state index < -0.39 is 41.9 Å². The van der Waals surface area contributed by atoms with E-state index in [2.05, 4.69) is 15.3 Å². The van der Waals surface area contributed by atoms with Crippen LogP contribution in [-0.4, -0.2) is 75.3 Å². The van der Waals surface area contributed by atoms with Crippen molar-refractivity contribution in [2.24, 2.45) is 0 Å². The van der Waals surface area contributed by atoms with Crippen molar-refractivity contribution in [2.75, 3.05) is 25.7 Å². The highest BCUT2D eigenvalue weighted by Crippen LogP contribution is 2.40. The van der Waals surface area contributed by atoms with E-state index >= 15 is 0 Å². The Kier molecular flexibility index (Phi) is 7.82. The van der Waals surface area contributed by atoms with Gasteiger partial charge in [-0.2, -0.15) is 11.8 Å². The fourth-order valence-corrected chi connectivity index (χ4v) is 5.10. The molecular weight excluding hydrogens is 494 g/mol. The lowest BCUT2D eigenvalue weighted by molar-refractivity contribution is -0.145. The Morgan fingerprint density at radius 2 is 1.95 bits per heavy atom. The molecule has 0 saturated carbocycles. The molecule has 11 heteroatoms. The second-order valence-electron chi connectivity index (χ2n) is 8.86. The van der Waals surface area contributed by atoms with E-state index in [9.17, 15) is 19.2 Å². The molecular formula is C26H29N5O5S. The second kappa shape index (κ2) is 11.0. The van der Waals surface area contributed by atoms with Crippen molar-refractivity contribution in [1.29, 1.82) is 0 Å². The van der Waals surface area contributed by atoms with Gasteiger partial charge >= 0.3 is 12.0 Å². The van der Waals surface area contributed by atoms with Gasteiger partial charge in [-0.05, 0) is 41.7 Å². The number of ether oxygens (including phenoxy) is 1. The monoisotopic (exact) mass is 523 g/mol. The number of fused-ring (bicyclic) bond motifs is 1. The normalized spacial score (nSPS) is 18.4. The van der Waals surface area contributed by atoms with Gasteiger partial charge in [-0.3, -0.25) is 19.4 Å². The van der Waals surface area contributed by atoms with Crippen LogP contribution < -0.4 is 5.32 Å². The van der Waals surface area contributed by atoms with Crippen molar-refractivity contribution in [3.8, 4) is 0 Å². The first-order valence-electron chi connectivity index (χ1n) is 11.8. The van der Waals surface area contributed by atoms with E-state index in [1.165, 1.54) is 36.3 Å². The highest BCUT2D eigenvalue weighted by molar-refractivity contribution is 7.98. The average molecular weight is 524 g/mol. The van der Waals surface area contributed by atoms with Crippen molar-refractivity contribution in [3.05, 3.63) is 66.2 Å². The standard InChI is InChI=1S/C26H29N5O5S/c1-26(20-10-6-8-17-7-4-5-9-19(17)20)24(34)30(14-18-13-27-16-28-18)25(35)31(26)15-22(32)29-21(11-12-37-3)23(33)36-2/h4-10,13,16,21H,11-12,14-15H2,1-3H3,(H,27,28)(H,29,32)/t21-,26?/m0/s1. The van der Waals surface area contributed by atoms with Gasteiger partial charge < -0.3 is 15.0 Å². The smallest absolute Gasteiger partial charge is 0.328 e. The van der Waals surface area contributed by atoms with Crippen molar-refractivity contribution in [1.82, 2.24) is 25.1 Å². The zero-order valence-electron chi connectivity index (χ0n) is 20.9. The fourth-order valence-electron chi connectivity index (χ4n) is 4.63. The first-order chi connectivity index (χ1) is 17.8. The van der Waals surface area contributed by atoms with Gasteiger partial charge in [0.25, 0.3) is 5.91 Å². The molecule has 0 spiro atoms. The number of benzene rings is 2. The number of esters is 1. The predicted molar refractivity (Wildman–Crippen MR) is 139 cm³/mol. The van der Waals surface area contributed by atoms with Crippen LogP contribution in [0.2, 0.25) is 0 Å². The maximum atomic E-state index is 13.9. The van der Waals surface area contributed by atoms with Gasteiger partial charge in [0.2, 0.25) is 5.91 Å². The summed E-state index contributed by atoms with van der Waals surface area (Å²) in [6.45, 7) is 1.21. The maximum absolute atomic E-state index is 13.9. The summed E-state index contributed by atoms with van der Waals surface area (Å²) in [6.07, 6.45) is 5.28. The first-order valence-corrected chi connectivity index (χ1v) is 13.2. The number of thioether (sulfide) groups is 1. The van der Waals surface area contributed by atoms with Crippen LogP contribution in [0.25, 0.3) is 10.8 Å². The third kappa shape index (κ3) is 5.04. The number of aromatic amines is 1. The number of urea groups is 1. The van der Waals surface area contributed by atoms with Gasteiger partial charge in [0.05, 0.1) is 25.7 Å². The third-order valence-corrected chi connectivity index (χ3v) is 7.24. The molecule has 4 amide bonds. The Morgan fingerprint density at radius 3 is 2.65 bits per heavy atom. The van der Waals surface area contributed by atoms with E-state index in [-0.39, 0.29) is 6.54 Å². The predicted octanol–water partition coefficient (Wildman–Crippen LogP) is 2.65. The summed E-state index contributed by atoms with van der Waals surface area (Å²) in [7, 11) is 1.26. The van der Waals surface area contributed by atoms with Gasteiger partial charge in [-0.1, -0.05) is 42.5 Å². The number of nitrogens with one attached hydrogen (secondary N) is 2. The Balaban J connectivity index is 1.71. The molecule has 0 bridgehead atoms. The second-order valence-corrected chi connectivity index (χ2v) is 9.85. The number of methoxy groups -OCH3 is 1. The number of carbonyl (C=O) groups excluding carboxylic acids is 4. The zero-order valence-corrected chi connectivity index (χ0v) is 21.7. The van der Waals surface area contributed by atoms with E-state index in [1.807, 2.05) is 42.7 Å². The number of carbonyl (C=O) groups is 4. The average Bonchev–Trinajstić information content (AvgIpc) is 3.49. The molecule has 0 aliphatic carbocycles. The Hall–Kier alpha value is -3.86. The minimum atomic E-state index is -1.46. The number of hydrogen-bond donors (Lipinski definition) is 2. The molecule has 2 N–H and O–H groups in total. The van der Waals surface area contributed by atoms with Gasteiger partial charge in [0, 0.05) is 6.20 Å². The molecule has 1 aliphatic heterocycles. The number of imidazole rings is 1. The summed E-state index contributed by atoms with van der Waals surface area (Å²) in [5, 5.41) is 4.39. The lowest BCUT2D eigenvalue weighted by Gasteiger charge is -2.33. The number of rotatable bonds is 10. The number of aromatic nitrogens is 2. The van der Waals surface area contributed by atoms with Crippen LogP contribution >= 0.6 is 11.8 Å². The van der Waals surface area contributed by atoms with Crippen LogP contribution in [0.3, 0.4) is 0 Å². The van der Waals surface area contributed by atoms with Crippen molar-refractivity contribution in [3.63, 3.8) is 0 Å². The molecule has 0 radical (unpaired) electrons. The Bertz CT molecular complexity index is 1310. The summed E-state index contributed by atoms with van der Waals surface area (Å²) in [5.41, 5.74) is -0.276. The molecule has 3 aromatic rings. The molecule has 1 unspecified atom stereocenters. The zero-order chi connectivity index (χ0) is 26.6. The molecule has 4 rings (SSSR count). The molecule has 1 fully saturated rings. The number of hydrogen-bond acceptors (Lipinski definition) is 7. The minimum Gasteiger partial charge on any atom is -0.467 e. The lowest BCUT2D eigenvalue weighted by Crippen LogP contribution is -2.51. The largest absolute Gasteiger partial charge is 0.467 e. The molecule has 1 aliphatic rings. The summed E-state index contributed by atoms with van der Waals surface area (Å²) in [4.78, 5) is 62.3. The third-order valence-electron chi connectivity index (χ3n) is 6.59. The lowest BCUT2D eigenvalue weighted by atomic mass is 9.86. The minimum absolute atomic E-state index is 0.0192. The van der Waals surface area contributed by atoms with E-state index in [0.29, 0.717) is 23.4 Å². The van der Waals surface area contributed by atoms with Crippen molar-refractivity contribution >= 4 is 46.3 Å². The van der Waals surface area contributed by atoms with Gasteiger partial charge in [0.1, 0.15) is 18.1 Å². The van der Waals surface area contributed by atoms with Crippen LogP contribution in [0.4, 0.5) is 4.79 Å². The molecule has 2 aromatic carbocycles. The molecule has 2 atom stereocenters. The summed E-state index contributed by atoms with van der Waals surface area (Å²) < 4.78 is 4.84. The van der Waals surface area contributed by atoms with Crippen molar-refractivity contribution < 1.29 is 23.9 Å². The number of imide groups is 1. The SMILES string of the molecule is COC(=O)[C@H](CCSC)NC(=O)CN1C(=O)N(Cc2cnc[nH]2)C(=O)C1(C)c1cccc2ccccc12. The van der Waals surface area contributed by atoms with Crippen LogP contribution in [0, 0.1) is 0 Å². The molecule has 10 nitrogen and oxygen atoms in total. The molecule has 1 aromatic heterocycles. The van der Waals surface area contributed by atoms with Gasteiger partial charge in [-0.15, -0.1) is 0 Å². The highest BCUT2D eigenvalue weighted by atomic mass is 32.2. The summed E-state index contributed by atoms with van der Waals surface area (Å²) in [6, 6.07) is 11.7. The van der Waals surface area contributed by atoms with Crippen LogP contribution in [-0.2, 0) is 31.2 Å². The highest BCUT2D eigenvalue weighted by Gasteiger charge is 2.56. The molecule has 2 heterocycles. The van der Waals surface area contributed by atoms with Crippen LogP contribution in [0.1, 0.15) is 24.6 Å². The first kappa shape index (κ1) is 26.2. The van der Waals surface area contributed by atoms with Crippen molar-refractivity contribution in [2.45, 2.75) is 31.5 Å². The molecule has 194 valence electrons. The Labute approximate surface area is 218 Å². The van der Waals surface area contributed by atoms with E-state index in [0.717, 1.165) is 15.7 Å². The number of H-pyrrole nitrogens is 1. The fraction of sp³-hybridized carbons (Fsp3) is 0.346. The quantitative estimate of drug-likeness (QED) is 0.309. The Morgan fingerprint density at radius 1 is 1.19 bits per heavy atom. The van der Waals surface area contributed by atoms with Crippen LogP contribution in [0.15, 0.2) is 55.0 Å². The molecule has 1 saturated heterocycles. The van der Waals surface area contributed by atoms with Gasteiger partial charge in [-0.25, -0.2) is 14.6 Å². The summed E-state index contributed by atoms with van der Waals surface area (Å²) in [5.74, 6) is -0.952. The summed E-state index contributed by atoms with van der Waals surface area (Å²) >= 11 is 1.54. The topological polar surface area (TPSA) is 125 Å². The molecule has 37 heavy (non-hydrogen) atoms. The van der Waals surface area contributed by atoms with Crippen LogP contribution in [0.5, 0.6) is 0 Å². The maximum Gasteiger partial charge on any atom is 0.328 e. The van der Waals surface area contributed by atoms with Gasteiger partial charge in [0.15, 0.2) is 0 Å². The van der Waals surface area contributed by atoms with E-state index in [1.54, 1.807) is 13.0 Å². The van der Waals surface area contributed by atoms with E-state index in [4.69, 9.17) is 4.74 Å². The number of nitrogens with zero attached hydrogens (tertiary/aromatic N) is 3.